The van der Waals surface area contributed by atoms with Gasteiger partial charge in [0.1, 0.15) is 0 Å². The second kappa shape index (κ2) is 7.29. The third-order valence-corrected chi connectivity index (χ3v) is 2.56. The van der Waals surface area contributed by atoms with Gasteiger partial charge in [-0.25, -0.2) is 0 Å². The molecule has 0 rings (SSSR count). The summed E-state index contributed by atoms with van der Waals surface area (Å²) >= 11 is 1.87. The summed E-state index contributed by atoms with van der Waals surface area (Å²) in [6.45, 7) is 10.8. The monoisotopic (exact) mass is 185 g/mol. The maximum Gasteiger partial charge on any atom is 0.0472 e. The Balaban J connectivity index is 3.92. The van der Waals surface area contributed by atoms with Crippen molar-refractivity contribution in [3.63, 3.8) is 0 Å². The van der Waals surface area contributed by atoms with E-state index in [1.54, 1.807) is 0 Å². The third-order valence-electron chi connectivity index (χ3n) is 1.92. The van der Waals surface area contributed by atoms with Crippen LogP contribution in [-0.2, 0) is 0 Å². The summed E-state index contributed by atoms with van der Waals surface area (Å²) in [5.41, 5.74) is 0. The minimum atomic E-state index is 0.458. The fourth-order valence-electron chi connectivity index (χ4n) is 1.16. The normalized spacial score (nSPS) is 12.2. The fourth-order valence-corrected chi connectivity index (χ4v) is 1.63. The van der Waals surface area contributed by atoms with Crippen molar-refractivity contribution in [2.75, 3.05) is 18.6 Å². The van der Waals surface area contributed by atoms with Gasteiger partial charge in [0.05, 0.1) is 0 Å². The topological polar surface area (TPSA) is 3.24 Å². The van der Waals surface area contributed by atoms with Crippen LogP contribution >= 0.6 is 11.8 Å². The second-order valence-corrected chi connectivity index (χ2v) is 3.58. The quantitative estimate of drug-likeness (QED) is 0.561. The van der Waals surface area contributed by atoms with Crippen LogP contribution in [0.25, 0.3) is 0 Å². The van der Waals surface area contributed by atoms with E-state index in [9.17, 15) is 0 Å². The largest absolute Gasteiger partial charge is 0.372 e. The van der Waals surface area contributed by atoms with E-state index in [1.807, 2.05) is 24.0 Å². The molecule has 0 aromatic rings. The Hall–Kier alpha value is -0.370. The number of hydrogen-bond donors (Lipinski definition) is 0. The Labute approximate surface area is 80.5 Å². The van der Waals surface area contributed by atoms with Crippen LogP contribution in [0.3, 0.4) is 0 Å². The van der Waals surface area contributed by atoms with Crippen LogP contribution < -0.4 is 0 Å². The molecule has 0 bridgehead atoms. The van der Waals surface area contributed by atoms with E-state index in [0.717, 1.165) is 13.0 Å². The van der Waals surface area contributed by atoms with Crippen molar-refractivity contribution < 1.29 is 0 Å². The lowest BCUT2D eigenvalue weighted by molar-refractivity contribution is 0.331. The van der Waals surface area contributed by atoms with Gasteiger partial charge in [-0.15, -0.1) is 6.58 Å². The van der Waals surface area contributed by atoms with Crippen LogP contribution in [-0.4, -0.2) is 29.5 Å². The summed E-state index contributed by atoms with van der Waals surface area (Å²) in [5.74, 6) is 1.18. The van der Waals surface area contributed by atoms with Gasteiger partial charge in [-0.05, 0) is 31.6 Å². The highest BCUT2D eigenvalue weighted by molar-refractivity contribution is 7.98. The van der Waals surface area contributed by atoms with Crippen LogP contribution in [0.2, 0.25) is 0 Å². The van der Waals surface area contributed by atoms with E-state index >= 15 is 0 Å². The van der Waals surface area contributed by atoms with Gasteiger partial charge in [-0.3, -0.25) is 0 Å². The minimum absolute atomic E-state index is 0.458. The Morgan fingerprint density at radius 3 is 2.50 bits per heavy atom. The number of thioether (sulfide) groups is 1. The molecule has 2 heteroatoms. The summed E-state index contributed by atoms with van der Waals surface area (Å²) in [5, 5.41) is 0. The molecular formula is C10H19NS. The van der Waals surface area contributed by atoms with E-state index in [2.05, 4.69) is 31.2 Å². The van der Waals surface area contributed by atoms with E-state index < -0.39 is 0 Å². The smallest absolute Gasteiger partial charge is 0.0472 e. The first-order chi connectivity index (χ1) is 5.79. The zero-order valence-electron chi connectivity index (χ0n) is 8.12. The van der Waals surface area contributed by atoms with Crippen molar-refractivity contribution in [2.45, 2.75) is 19.4 Å². The predicted octanol–water partition coefficient (Wildman–Crippen LogP) is 2.76. The number of rotatable bonds is 7. The van der Waals surface area contributed by atoms with Gasteiger partial charge in [0.2, 0.25) is 0 Å². The van der Waals surface area contributed by atoms with Crippen LogP contribution in [0.15, 0.2) is 25.4 Å². The van der Waals surface area contributed by atoms with E-state index in [0.29, 0.717) is 6.04 Å². The summed E-state index contributed by atoms with van der Waals surface area (Å²) in [6, 6.07) is 0.458. The van der Waals surface area contributed by atoms with Gasteiger partial charge in [0.15, 0.2) is 0 Å². The maximum absolute atomic E-state index is 3.83. The van der Waals surface area contributed by atoms with Crippen molar-refractivity contribution in [3.8, 4) is 0 Å². The standard InChI is InChI=1S/C10H19NS/c1-5-10(8-9-12-4)11(6-2)7-3/h5-6,10H,1-2,7-9H2,3-4H3. The van der Waals surface area contributed by atoms with Gasteiger partial charge in [0.25, 0.3) is 0 Å². The molecule has 0 N–H and O–H groups in total. The highest BCUT2D eigenvalue weighted by atomic mass is 32.2. The predicted molar refractivity (Wildman–Crippen MR) is 59.6 cm³/mol. The summed E-state index contributed by atoms with van der Waals surface area (Å²) in [6.07, 6.45) is 7.18. The molecule has 0 aliphatic rings. The number of likely N-dealkylation sites (N-methyl/N-ethyl adjacent to an activating group) is 1. The second-order valence-electron chi connectivity index (χ2n) is 2.60. The average molecular weight is 185 g/mol. The molecule has 0 aromatic carbocycles. The van der Waals surface area contributed by atoms with Crippen molar-refractivity contribution in [1.29, 1.82) is 0 Å². The first-order valence-corrected chi connectivity index (χ1v) is 5.69. The summed E-state index contributed by atoms with van der Waals surface area (Å²) < 4.78 is 0. The molecule has 0 aliphatic carbocycles. The summed E-state index contributed by atoms with van der Waals surface area (Å²) in [4.78, 5) is 2.21. The molecule has 1 nitrogen and oxygen atoms in total. The van der Waals surface area contributed by atoms with Crippen LogP contribution in [0.5, 0.6) is 0 Å². The Morgan fingerprint density at radius 2 is 2.17 bits per heavy atom. The molecule has 1 unspecified atom stereocenters. The maximum atomic E-state index is 3.83. The molecule has 0 heterocycles. The molecule has 0 aliphatic heterocycles. The first-order valence-electron chi connectivity index (χ1n) is 4.29. The number of nitrogens with zero attached hydrogens (tertiary/aromatic N) is 1. The van der Waals surface area contributed by atoms with Gasteiger partial charge < -0.3 is 4.90 Å². The molecule has 0 spiro atoms. The average Bonchev–Trinajstić information content (AvgIpc) is 2.12. The van der Waals surface area contributed by atoms with Crippen molar-refractivity contribution in [1.82, 2.24) is 4.90 Å². The van der Waals surface area contributed by atoms with E-state index in [4.69, 9.17) is 0 Å². The molecule has 0 saturated carbocycles. The van der Waals surface area contributed by atoms with Crippen molar-refractivity contribution >= 4 is 11.8 Å². The minimum Gasteiger partial charge on any atom is -0.372 e. The first kappa shape index (κ1) is 11.6. The lowest BCUT2D eigenvalue weighted by atomic mass is 10.2. The zero-order valence-corrected chi connectivity index (χ0v) is 8.94. The zero-order chi connectivity index (χ0) is 9.40. The van der Waals surface area contributed by atoms with Crippen molar-refractivity contribution in [3.05, 3.63) is 25.4 Å². The molecular weight excluding hydrogens is 166 g/mol. The lowest BCUT2D eigenvalue weighted by Gasteiger charge is -2.26. The van der Waals surface area contributed by atoms with Gasteiger partial charge in [-0.1, -0.05) is 12.7 Å². The Bertz CT molecular complexity index is 134. The van der Waals surface area contributed by atoms with E-state index in [1.165, 1.54) is 5.75 Å². The van der Waals surface area contributed by atoms with Gasteiger partial charge >= 0.3 is 0 Å². The van der Waals surface area contributed by atoms with Crippen LogP contribution in [0, 0.1) is 0 Å². The Kier molecular flexibility index (Phi) is 7.06. The Morgan fingerprint density at radius 1 is 1.50 bits per heavy atom. The van der Waals surface area contributed by atoms with Crippen LogP contribution in [0.1, 0.15) is 13.3 Å². The molecule has 70 valence electrons. The van der Waals surface area contributed by atoms with Crippen LogP contribution in [0.4, 0.5) is 0 Å². The number of hydrogen-bond acceptors (Lipinski definition) is 2. The molecule has 0 aromatic heterocycles. The molecule has 1 atom stereocenters. The molecule has 0 amide bonds. The fraction of sp³-hybridized carbons (Fsp3) is 0.600. The highest BCUT2D eigenvalue weighted by Gasteiger charge is 2.07. The molecule has 0 radical (unpaired) electrons. The van der Waals surface area contributed by atoms with E-state index in [-0.39, 0.29) is 0 Å². The molecule has 0 saturated heterocycles. The summed E-state index contributed by atoms with van der Waals surface area (Å²) in [7, 11) is 0. The van der Waals surface area contributed by atoms with Gasteiger partial charge in [0, 0.05) is 12.6 Å². The highest BCUT2D eigenvalue weighted by Crippen LogP contribution is 2.09. The lowest BCUT2D eigenvalue weighted by Crippen LogP contribution is -2.28. The third kappa shape index (κ3) is 3.86. The molecule has 12 heavy (non-hydrogen) atoms. The van der Waals surface area contributed by atoms with Crippen molar-refractivity contribution in [2.24, 2.45) is 0 Å². The SMILES string of the molecule is C=CC(CCSC)N(C=C)CC. The van der Waals surface area contributed by atoms with Gasteiger partial charge in [-0.2, -0.15) is 11.8 Å². The molecule has 0 fully saturated rings.